The van der Waals surface area contributed by atoms with E-state index in [-0.39, 0.29) is 6.04 Å². The third kappa shape index (κ3) is 2.66. The molecule has 0 radical (unpaired) electrons. The summed E-state index contributed by atoms with van der Waals surface area (Å²) in [4.78, 5) is 0. The van der Waals surface area contributed by atoms with E-state index >= 15 is 0 Å². The first-order chi connectivity index (χ1) is 9.58. The van der Waals surface area contributed by atoms with Crippen LogP contribution in [0.4, 0.5) is 5.69 Å². The van der Waals surface area contributed by atoms with Gasteiger partial charge in [-0.15, -0.1) is 5.10 Å². The lowest BCUT2D eigenvalue weighted by Gasteiger charge is -2.22. The number of benzene rings is 1. The van der Waals surface area contributed by atoms with Crippen molar-refractivity contribution in [2.24, 2.45) is 5.92 Å². The minimum absolute atomic E-state index is 0.259. The Balaban J connectivity index is 2.45. The molecule has 2 aromatic rings. The van der Waals surface area contributed by atoms with E-state index in [9.17, 15) is 0 Å². The molecule has 0 bridgehead atoms. The fraction of sp³-hybridized carbons (Fsp3) is 0.533. The van der Waals surface area contributed by atoms with Crippen LogP contribution in [0.1, 0.15) is 45.2 Å². The Morgan fingerprint density at radius 2 is 1.95 bits per heavy atom. The van der Waals surface area contributed by atoms with Gasteiger partial charge in [-0.05, 0) is 42.3 Å². The van der Waals surface area contributed by atoms with E-state index in [1.54, 1.807) is 0 Å². The zero-order chi connectivity index (χ0) is 14.7. The van der Waals surface area contributed by atoms with Crippen LogP contribution in [0.15, 0.2) is 18.2 Å². The highest BCUT2D eigenvalue weighted by Crippen LogP contribution is 2.30. The molecule has 0 saturated carbocycles. The van der Waals surface area contributed by atoms with Crippen molar-refractivity contribution >= 4 is 5.69 Å². The Hall–Kier alpha value is -1.91. The zero-order valence-corrected chi connectivity index (χ0v) is 12.7. The first-order valence-corrected chi connectivity index (χ1v) is 7.22. The number of rotatable bonds is 5. The quantitative estimate of drug-likeness (QED) is 0.849. The average molecular weight is 273 g/mol. The number of hydrogen-bond acceptors (Lipinski definition) is 4. The summed E-state index contributed by atoms with van der Waals surface area (Å²) in [6.07, 6.45) is 2.22. The number of anilines is 1. The standard InChI is InChI=1S/C15H23N5/c1-5-12(6-2)11(4)20-15(17-18-19-20)13-9-10(3)7-8-14(13)16/h7-9,11-12H,5-6,16H2,1-4H3. The molecule has 1 heterocycles. The molecule has 5 heteroatoms. The molecule has 5 nitrogen and oxygen atoms in total. The lowest BCUT2D eigenvalue weighted by atomic mass is 9.95. The highest BCUT2D eigenvalue weighted by atomic mass is 15.5. The number of aromatic nitrogens is 4. The fourth-order valence-electron chi connectivity index (χ4n) is 2.68. The van der Waals surface area contributed by atoms with E-state index < -0.39 is 0 Å². The maximum absolute atomic E-state index is 6.08. The van der Waals surface area contributed by atoms with Crippen molar-refractivity contribution in [1.82, 2.24) is 20.2 Å². The number of tetrazole rings is 1. The highest BCUT2D eigenvalue weighted by molar-refractivity contribution is 5.72. The molecule has 0 amide bonds. The van der Waals surface area contributed by atoms with Gasteiger partial charge in [0.25, 0.3) is 0 Å². The van der Waals surface area contributed by atoms with Crippen molar-refractivity contribution in [3.05, 3.63) is 23.8 Å². The molecule has 0 fully saturated rings. The van der Waals surface area contributed by atoms with Crippen molar-refractivity contribution in [3.8, 4) is 11.4 Å². The summed E-state index contributed by atoms with van der Waals surface area (Å²) in [6.45, 7) is 8.62. The number of nitrogens with two attached hydrogens (primary N) is 1. The molecule has 0 aliphatic rings. The smallest absolute Gasteiger partial charge is 0.184 e. The van der Waals surface area contributed by atoms with Gasteiger partial charge < -0.3 is 5.73 Å². The minimum atomic E-state index is 0.259. The average Bonchev–Trinajstić information content (AvgIpc) is 2.91. The maximum atomic E-state index is 6.08. The molecular weight excluding hydrogens is 250 g/mol. The van der Waals surface area contributed by atoms with Crippen LogP contribution in [-0.4, -0.2) is 20.2 Å². The number of nitrogen functional groups attached to an aromatic ring is 1. The van der Waals surface area contributed by atoms with Crippen LogP contribution in [0.2, 0.25) is 0 Å². The van der Waals surface area contributed by atoms with E-state index in [0.29, 0.717) is 11.6 Å². The summed E-state index contributed by atoms with van der Waals surface area (Å²) in [7, 11) is 0. The summed E-state index contributed by atoms with van der Waals surface area (Å²) in [5.74, 6) is 1.31. The van der Waals surface area contributed by atoms with Gasteiger partial charge in [-0.1, -0.05) is 38.3 Å². The van der Waals surface area contributed by atoms with Gasteiger partial charge in [-0.3, -0.25) is 0 Å². The third-order valence-corrected chi connectivity index (χ3v) is 4.06. The van der Waals surface area contributed by atoms with Crippen LogP contribution in [0.3, 0.4) is 0 Å². The minimum Gasteiger partial charge on any atom is -0.398 e. The van der Waals surface area contributed by atoms with Crippen LogP contribution in [0.25, 0.3) is 11.4 Å². The van der Waals surface area contributed by atoms with Gasteiger partial charge in [-0.25, -0.2) is 4.68 Å². The third-order valence-electron chi connectivity index (χ3n) is 4.06. The number of aryl methyl sites for hydroxylation is 1. The molecular formula is C15H23N5. The fourth-order valence-corrected chi connectivity index (χ4v) is 2.68. The molecule has 1 atom stereocenters. The second-order valence-electron chi connectivity index (χ2n) is 5.35. The van der Waals surface area contributed by atoms with Crippen molar-refractivity contribution in [3.63, 3.8) is 0 Å². The largest absolute Gasteiger partial charge is 0.398 e. The van der Waals surface area contributed by atoms with Gasteiger partial charge in [0.05, 0.1) is 6.04 Å². The van der Waals surface area contributed by atoms with Crippen molar-refractivity contribution < 1.29 is 0 Å². The molecule has 108 valence electrons. The van der Waals surface area contributed by atoms with Crippen LogP contribution in [0.5, 0.6) is 0 Å². The van der Waals surface area contributed by atoms with Crippen molar-refractivity contribution in [2.75, 3.05) is 5.73 Å². The van der Waals surface area contributed by atoms with Crippen molar-refractivity contribution in [2.45, 2.75) is 46.6 Å². The van der Waals surface area contributed by atoms with Gasteiger partial charge in [-0.2, -0.15) is 0 Å². The van der Waals surface area contributed by atoms with E-state index in [0.717, 1.165) is 29.8 Å². The molecule has 2 rings (SSSR count). The normalized spacial score (nSPS) is 12.8. The molecule has 0 spiro atoms. The molecule has 1 aromatic heterocycles. The lowest BCUT2D eigenvalue weighted by Crippen LogP contribution is -2.18. The first kappa shape index (κ1) is 14.5. The molecule has 0 aliphatic carbocycles. The monoisotopic (exact) mass is 273 g/mol. The lowest BCUT2D eigenvalue weighted by molar-refractivity contribution is 0.309. The molecule has 0 aliphatic heterocycles. The topological polar surface area (TPSA) is 69.6 Å². The predicted octanol–water partition coefficient (Wildman–Crippen LogP) is 3.23. The number of hydrogen-bond donors (Lipinski definition) is 1. The van der Waals surface area contributed by atoms with Gasteiger partial charge in [0.15, 0.2) is 5.82 Å². The van der Waals surface area contributed by atoms with Crippen LogP contribution in [-0.2, 0) is 0 Å². The highest BCUT2D eigenvalue weighted by Gasteiger charge is 2.21. The van der Waals surface area contributed by atoms with E-state index in [2.05, 4.69) is 36.3 Å². The van der Waals surface area contributed by atoms with E-state index in [1.807, 2.05) is 29.8 Å². The van der Waals surface area contributed by atoms with Gasteiger partial charge in [0.1, 0.15) is 0 Å². The van der Waals surface area contributed by atoms with Crippen LogP contribution in [0, 0.1) is 12.8 Å². The Bertz CT molecular complexity index is 571. The summed E-state index contributed by atoms with van der Waals surface area (Å²) >= 11 is 0. The summed E-state index contributed by atoms with van der Waals surface area (Å²) in [5.41, 5.74) is 8.86. The van der Waals surface area contributed by atoms with E-state index in [1.165, 1.54) is 0 Å². The van der Waals surface area contributed by atoms with Gasteiger partial charge in [0, 0.05) is 11.3 Å². The predicted molar refractivity (Wildman–Crippen MR) is 81.2 cm³/mol. The first-order valence-electron chi connectivity index (χ1n) is 7.22. The maximum Gasteiger partial charge on any atom is 0.184 e. The zero-order valence-electron chi connectivity index (χ0n) is 12.7. The molecule has 20 heavy (non-hydrogen) atoms. The summed E-state index contributed by atoms with van der Waals surface area (Å²) in [6, 6.07) is 6.20. The summed E-state index contributed by atoms with van der Waals surface area (Å²) < 4.78 is 1.91. The van der Waals surface area contributed by atoms with Crippen molar-refractivity contribution in [1.29, 1.82) is 0 Å². The van der Waals surface area contributed by atoms with E-state index in [4.69, 9.17) is 5.73 Å². The van der Waals surface area contributed by atoms with Gasteiger partial charge in [0.2, 0.25) is 0 Å². The molecule has 1 unspecified atom stereocenters. The Morgan fingerprint density at radius 3 is 2.60 bits per heavy atom. The second-order valence-corrected chi connectivity index (χ2v) is 5.35. The van der Waals surface area contributed by atoms with Gasteiger partial charge >= 0.3 is 0 Å². The molecule has 1 aromatic carbocycles. The SMILES string of the molecule is CCC(CC)C(C)n1nnnc1-c1cc(C)ccc1N. The Kier molecular flexibility index (Phi) is 4.37. The van der Waals surface area contributed by atoms with Crippen LogP contribution < -0.4 is 5.73 Å². The second kappa shape index (κ2) is 6.03. The molecule has 0 saturated heterocycles. The molecule has 2 N–H and O–H groups in total. The van der Waals surface area contributed by atoms with Crippen LogP contribution >= 0.6 is 0 Å². The summed E-state index contributed by atoms with van der Waals surface area (Å²) in [5, 5.41) is 12.2. The Labute approximate surface area is 120 Å². The Morgan fingerprint density at radius 1 is 1.25 bits per heavy atom. The number of nitrogens with zero attached hydrogens (tertiary/aromatic N) is 4.